The summed E-state index contributed by atoms with van der Waals surface area (Å²) in [6.07, 6.45) is 0. The van der Waals surface area contributed by atoms with Gasteiger partial charge in [0.15, 0.2) is 0 Å². The summed E-state index contributed by atoms with van der Waals surface area (Å²) in [6.45, 7) is 0. The molecule has 0 saturated heterocycles. The fraction of sp³-hybridized carbons (Fsp3) is 0. The number of nitrogens with one attached hydrogen (secondary N) is 1. The normalized spacial score (nSPS) is 11.1. The third kappa shape index (κ3) is 2.62. The minimum absolute atomic E-state index is 0.384. The highest BCUT2D eigenvalue weighted by atomic mass is 32.2. The lowest BCUT2D eigenvalue weighted by molar-refractivity contribution is 0.253. The topological polar surface area (TPSA) is 89.3 Å². The van der Waals surface area contributed by atoms with E-state index in [0.717, 1.165) is 6.07 Å². The fourth-order valence-electron chi connectivity index (χ4n) is 0.881. The molecule has 0 radical (unpaired) electrons. The summed E-state index contributed by atoms with van der Waals surface area (Å²) in [5.74, 6) is -2.23. The Morgan fingerprint density at radius 1 is 1.33 bits per heavy atom. The molecule has 0 aliphatic heterocycles. The average Bonchev–Trinajstić information content (AvgIpc) is 1.99. The molecule has 0 unspecified atom stereocenters. The molecule has 0 heterocycles. The van der Waals surface area contributed by atoms with E-state index in [4.69, 9.17) is 0 Å². The van der Waals surface area contributed by atoms with Crippen molar-refractivity contribution in [3.63, 3.8) is 0 Å². The van der Waals surface area contributed by atoms with Crippen LogP contribution in [0.3, 0.4) is 0 Å². The van der Waals surface area contributed by atoms with Gasteiger partial charge >= 0.3 is 6.03 Å². The fourth-order valence-corrected chi connectivity index (χ4v) is 1.82. The minimum Gasteiger partial charge on any atom is -0.351 e. The van der Waals surface area contributed by atoms with Crippen molar-refractivity contribution >= 4 is 16.1 Å². The zero-order valence-electron chi connectivity index (χ0n) is 7.20. The zero-order valence-corrected chi connectivity index (χ0v) is 8.01. The molecule has 1 rings (SSSR count). The van der Waals surface area contributed by atoms with E-state index in [9.17, 15) is 22.0 Å². The molecule has 0 bridgehead atoms. The molecule has 8 heteroatoms. The van der Waals surface area contributed by atoms with Gasteiger partial charge in [0.05, 0.1) is 0 Å². The molecule has 1 aromatic rings. The first kappa shape index (κ1) is 11.4. The van der Waals surface area contributed by atoms with Crippen molar-refractivity contribution in [2.45, 2.75) is 4.90 Å². The first-order valence-corrected chi connectivity index (χ1v) is 5.08. The number of benzene rings is 1. The van der Waals surface area contributed by atoms with Crippen molar-refractivity contribution in [3.8, 4) is 0 Å². The highest BCUT2D eigenvalue weighted by Gasteiger charge is 2.20. The number of amides is 2. The lowest BCUT2D eigenvalue weighted by Crippen LogP contribution is -2.35. The number of rotatable bonds is 2. The molecule has 0 aliphatic rings. The van der Waals surface area contributed by atoms with Gasteiger partial charge in [-0.05, 0) is 12.1 Å². The monoisotopic (exact) mass is 236 g/mol. The Balaban J connectivity index is 3.22. The minimum atomic E-state index is -4.37. The molecule has 3 N–H and O–H groups in total. The summed E-state index contributed by atoms with van der Waals surface area (Å²) in [5.41, 5.74) is 4.57. The second-order valence-corrected chi connectivity index (χ2v) is 4.20. The number of nitrogens with two attached hydrogens (primary N) is 1. The second-order valence-electron chi connectivity index (χ2n) is 2.54. The summed E-state index contributed by atoms with van der Waals surface area (Å²) >= 11 is 0. The molecular formula is C7H6F2N2O3S. The van der Waals surface area contributed by atoms with Gasteiger partial charge in [0.1, 0.15) is 16.5 Å². The van der Waals surface area contributed by atoms with Crippen molar-refractivity contribution in [3.05, 3.63) is 29.8 Å². The number of carbonyl (C=O) groups excluding carboxylic acids is 1. The van der Waals surface area contributed by atoms with Gasteiger partial charge in [0, 0.05) is 6.07 Å². The molecule has 0 aliphatic carbocycles. The average molecular weight is 236 g/mol. The molecular weight excluding hydrogens is 230 g/mol. The number of sulfonamides is 1. The Morgan fingerprint density at radius 2 is 1.93 bits per heavy atom. The Morgan fingerprint density at radius 3 is 2.40 bits per heavy atom. The van der Waals surface area contributed by atoms with Gasteiger partial charge in [-0.15, -0.1) is 0 Å². The lowest BCUT2D eigenvalue weighted by Gasteiger charge is -2.04. The van der Waals surface area contributed by atoms with Crippen LogP contribution in [-0.4, -0.2) is 14.4 Å². The van der Waals surface area contributed by atoms with Crippen LogP contribution in [0, 0.1) is 11.6 Å². The molecule has 15 heavy (non-hydrogen) atoms. The van der Waals surface area contributed by atoms with Gasteiger partial charge in [-0.1, -0.05) is 0 Å². The van der Waals surface area contributed by atoms with Crippen LogP contribution in [0.5, 0.6) is 0 Å². The summed E-state index contributed by atoms with van der Waals surface area (Å²) in [4.78, 5) is 9.46. The van der Waals surface area contributed by atoms with Crippen molar-refractivity contribution < 1.29 is 22.0 Å². The molecule has 0 atom stereocenters. The number of hydrogen-bond donors (Lipinski definition) is 2. The Labute approximate surface area is 83.9 Å². The largest absolute Gasteiger partial charge is 0.351 e. The van der Waals surface area contributed by atoms with Gasteiger partial charge in [0.2, 0.25) is 0 Å². The van der Waals surface area contributed by atoms with E-state index in [0.29, 0.717) is 12.1 Å². The van der Waals surface area contributed by atoms with Crippen LogP contribution < -0.4 is 10.5 Å². The van der Waals surface area contributed by atoms with Gasteiger partial charge in [-0.3, -0.25) is 0 Å². The molecule has 1 aromatic carbocycles. The van der Waals surface area contributed by atoms with Gasteiger partial charge in [-0.25, -0.2) is 26.7 Å². The predicted molar refractivity (Wildman–Crippen MR) is 46.3 cm³/mol. The first-order valence-electron chi connectivity index (χ1n) is 3.60. The Hall–Kier alpha value is -1.70. The third-order valence-electron chi connectivity index (χ3n) is 1.42. The maximum Gasteiger partial charge on any atom is 0.326 e. The number of urea groups is 1. The molecule has 2 amide bonds. The van der Waals surface area contributed by atoms with E-state index >= 15 is 0 Å². The van der Waals surface area contributed by atoms with Crippen LogP contribution >= 0.6 is 0 Å². The van der Waals surface area contributed by atoms with Crippen LogP contribution in [0.4, 0.5) is 13.6 Å². The van der Waals surface area contributed by atoms with Gasteiger partial charge in [0.25, 0.3) is 10.0 Å². The lowest BCUT2D eigenvalue weighted by atomic mass is 10.3. The molecule has 0 spiro atoms. The predicted octanol–water partition coefficient (Wildman–Crippen LogP) is 0.322. The quantitative estimate of drug-likeness (QED) is 0.775. The summed E-state index contributed by atoms with van der Waals surface area (Å²) in [7, 11) is -4.37. The number of halogens is 2. The third-order valence-corrected chi connectivity index (χ3v) is 2.80. The zero-order chi connectivity index (χ0) is 11.6. The van der Waals surface area contributed by atoms with Crippen LogP contribution in [-0.2, 0) is 10.0 Å². The number of hydrogen-bond acceptors (Lipinski definition) is 3. The highest BCUT2D eigenvalue weighted by Crippen LogP contribution is 2.14. The van der Waals surface area contributed by atoms with Crippen molar-refractivity contribution in [1.82, 2.24) is 4.72 Å². The smallest absolute Gasteiger partial charge is 0.326 e. The van der Waals surface area contributed by atoms with E-state index in [1.165, 1.54) is 4.72 Å². The second kappa shape index (κ2) is 3.81. The van der Waals surface area contributed by atoms with Crippen molar-refractivity contribution in [2.75, 3.05) is 0 Å². The number of primary amides is 1. The summed E-state index contributed by atoms with van der Waals surface area (Å²) < 4.78 is 49.2. The van der Waals surface area contributed by atoms with Gasteiger partial charge < -0.3 is 5.73 Å². The molecule has 82 valence electrons. The van der Waals surface area contributed by atoms with E-state index in [1.54, 1.807) is 0 Å². The van der Waals surface area contributed by atoms with Crippen molar-refractivity contribution in [2.24, 2.45) is 5.73 Å². The molecule has 0 saturated carbocycles. The summed E-state index contributed by atoms with van der Waals surface area (Å²) in [6, 6.07) is 0.475. The maximum absolute atomic E-state index is 13.0. The molecule has 0 aromatic heterocycles. The van der Waals surface area contributed by atoms with Crippen LogP contribution in [0.15, 0.2) is 23.1 Å². The van der Waals surface area contributed by atoms with Crippen LogP contribution in [0.1, 0.15) is 0 Å². The van der Waals surface area contributed by atoms with Crippen LogP contribution in [0.25, 0.3) is 0 Å². The summed E-state index contributed by atoms with van der Waals surface area (Å²) in [5, 5.41) is 0. The Bertz CT molecular complexity index is 501. The maximum atomic E-state index is 13.0. The van der Waals surface area contributed by atoms with Crippen LogP contribution in [0.2, 0.25) is 0 Å². The SMILES string of the molecule is NC(=O)NS(=O)(=O)c1ccc(F)cc1F. The van der Waals surface area contributed by atoms with E-state index in [1.807, 2.05) is 0 Å². The molecule has 5 nitrogen and oxygen atoms in total. The van der Waals surface area contributed by atoms with Gasteiger partial charge in [-0.2, -0.15) is 0 Å². The van der Waals surface area contributed by atoms with Crippen molar-refractivity contribution in [1.29, 1.82) is 0 Å². The first-order chi connectivity index (χ1) is 6.83. The molecule has 0 fully saturated rings. The highest BCUT2D eigenvalue weighted by molar-refractivity contribution is 7.90. The standard InChI is InChI=1S/C7H6F2N2O3S/c8-4-1-2-6(5(9)3-4)15(13,14)11-7(10)12/h1-3H,(H3,10,11,12). The van der Waals surface area contributed by atoms with E-state index in [-0.39, 0.29) is 0 Å². The van der Waals surface area contributed by atoms with E-state index in [2.05, 4.69) is 5.73 Å². The van der Waals surface area contributed by atoms with E-state index < -0.39 is 32.6 Å². The Kier molecular flexibility index (Phi) is 2.89. The number of carbonyl (C=O) groups is 1.